The van der Waals surface area contributed by atoms with Crippen LogP contribution in [0.25, 0.3) is 11.0 Å². The average Bonchev–Trinajstić information content (AvgIpc) is 3.09. The van der Waals surface area contributed by atoms with Gasteiger partial charge in [0.25, 0.3) is 0 Å². The molecule has 0 unspecified atom stereocenters. The summed E-state index contributed by atoms with van der Waals surface area (Å²) in [5, 5.41) is 5.80. The van der Waals surface area contributed by atoms with Crippen LogP contribution in [0.1, 0.15) is 43.6 Å². The van der Waals surface area contributed by atoms with E-state index in [0.717, 1.165) is 22.4 Å². The number of carbonyl (C=O) groups is 2. The van der Waals surface area contributed by atoms with Gasteiger partial charge in [0.15, 0.2) is 0 Å². The number of hydrogen-bond donors (Lipinski definition) is 2. The Hall–Kier alpha value is -3.35. The summed E-state index contributed by atoms with van der Waals surface area (Å²) < 4.78 is 7.41. The number of methoxy groups -OCH3 is 1. The zero-order valence-electron chi connectivity index (χ0n) is 16.7. The number of carbonyl (C=O) groups excluding carboxylic acids is 2. The number of amides is 2. The zero-order valence-corrected chi connectivity index (χ0v) is 16.7. The molecule has 7 heteroatoms. The van der Waals surface area contributed by atoms with Crippen molar-refractivity contribution in [1.82, 2.24) is 14.9 Å². The van der Waals surface area contributed by atoms with E-state index in [9.17, 15) is 9.59 Å². The number of benzene rings is 2. The summed E-state index contributed by atoms with van der Waals surface area (Å²) in [5.74, 6) is 0.514. The molecule has 3 aromatic rings. The fourth-order valence-corrected chi connectivity index (χ4v) is 3.89. The van der Waals surface area contributed by atoms with Gasteiger partial charge in [-0.05, 0) is 49.7 Å². The van der Waals surface area contributed by atoms with Crippen molar-refractivity contribution in [3.8, 4) is 5.75 Å². The lowest BCUT2D eigenvalue weighted by Crippen LogP contribution is -2.35. The molecule has 4 rings (SSSR count). The van der Waals surface area contributed by atoms with Gasteiger partial charge in [-0.1, -0.05) is 12.1 Å². The molecule has 2 aromatic carbocycles. The van der Waals surface area contributed by atoms with Crippen LogP contribution in [0.5, 0.6) is 5.75 Å². The van der Waals surface area contributed by atoms with Crippen LogP contribution in [-0.2, 0) is 16.1 Å². The molecule has 0 spiro atoms. The van der Waals surface area contributed by atoms with Gasteiger partial charge >= 0.3 is 0 Å². The first-order valence-corrected chi connectivity index (χ1v) is 9.69. The second kappa shape index (κ2) is 7.58. The topological polar surface area (TPSA) is 85.2 Å². The molecule has 1 aromatic heterocycles. The van der Waals surface area contributed by atoms with Gasteiger partial charge in [-0.25, -0.2) is 4.98 Å². The standard InChI is InChI=1S/C22H24N4O3/c1-13(2)26-19-7-5-4-6-18(19)24-20(26)12-23-22(28)16-11-21(27)25-17-9-8-14(29-3)10-15(16)17/h4-10,13,16H,11-12H2,1-3H3,(H,23,28)(H,25,27)/t16-/m0/s1. The molecule has 1 aliphatic rings. The number of hydrogen-bond acceptors (Lipinski definition) is 4. The Kier molecular flexibility index (Phi) is 4.96. The second-order valence-corrected chi connectivity index (χ2v) is 7.46. The number of rotatable bonds is 5. The number of imidazole rings is 1. The lowest BCUT2D eigenvalue weighted by molar-refractivity contribution is -0.126. The van der Waals surface area contributed by atoms with Crippen molar-refractivity contribution in [2.24, 2.45) is 0 Å². The molecule has 0 bridgehead atoms. The van der Waals surface area contributed by atoms with E-state index in [0.29, 0.717) is 18.0 Å². The molecular formula is C22H24N4O3. The third-order valence-electron chi connectivity index (χ3n) is 5.22. The zero-order chi connectivity index (χ0) is 20.5. The van der Waals surface area contributed by atoms with Crippen molar-refractivity contribution >= 4 is 28.5 Å². The number of ether oxygens (including phenoxy) is 1. The summed E-state index contributed by atoms with van der Waals surface area (Å²) in [6.07, 6.45) is 0.104. The van der Waals surface area contributed by atoms with E-state index in [-0.39, 0.29) is 24.3 Å². The van der Waals surface area contributed by atoms with Gasteiger partial charge in [0.1, 0.15) is 11.6 Å². The molecule has 150 valence electrons. The van der Waals surface area contributed by atoms with Crippen molar-refractivity contribution in [2.75, 3.05) is 12.4 Å². The Balaban J connectivity index is 1.59. The summed E-state index contributed by atoms with van der Waals surface area (Å²) in [7, 11) is 1.58. The van der Waals surface area contributed by atoms with E-state index in [4.69, 9.17) is 4.74 Å². The lowest BCUT2D eigenvalue weighted by Gasteiger charge is -2.25. The molecular weight excluding hydrogens is 368 g/mol. The minimum Gasteiger partial charge on any atom is -0.497 e. The molecule has 0 radical (unpaired) electrons. The van der Waals surface area contributed by atoms with Gasteiger partial charge in [0, 0.05) is 18.2 Å². The number of fused-ring (bicyclic) bond motifs is 2. The number of nitrogens with one attached hydrogen (secondary N) is 2. The maximum Gasteiger partial charge on any atom is 0.228 e. The minimum absolute atomic E-state index is 0.104. The van der Waals surface area contributed by atoms with Crippen molar-refractivity contribution in [3.05, 3.63) is 53.9 Å². The van der Waals surface area contributed by atoms with Crippen LogP contribution in [0.3, 0.4) is 0 Å². The summed E-state index contributed by atoms with van der Waals surface area (Å²) in [5.41, 5.74) is 3.35. The van der Waals surface area contributed by atoms with Crippen LogP contribution in [0.15, 0.2) is 42.5 Å². The molecule has 0 saturated heterocycles. The number of anilines is 1. The first-order chi connectivity index (χ1) is 14.0. The first-order valence-electron chi connectivity index (χ1n) is 9.69. The van der Waals surface area contributed by atoms with Gasteiger partial charge in [0.05, 0.1) is 30.6 Å². The van der Waals surface area contributed by atoms with Crippen molar-refractivity contribution < 1.29 is 14.3 Å². The van der Waals surface area contributed by atoms with E-state index >= 15 is 0 Å². The highest BCUT2D eigenvalue weighted by atomic mass is 16.5. The predicted octanol–water partition coefficient (Wildman–Crippen LogP) is 3.37. The fraction of sp³-hybridized carbons (Fsp3) is 0.318. The van der Waals surface area contributed by atoms with Gasteiger partial charge in [-0.2, -0.15) is 0 Å². The molecule has 7 nitrogen and oxygen atoms in total. The molecule has 0 aliphatic carbocycles. The third kappa shape index (κ3) is 3.55. The predicted molar refractivity (Wildman–Crippen MR) is 111 cm³/mol. The second-order valence-electron chi connectivity index (χ2n) is 7.46. The summed E-state index contributed by atoms with van der Waals surface area (Å²) >= 11 is 0. The highest BCUT2D eigenvalue weighted by molar-refractivity contribution is 6.01. The number of nitrogens with zero attached hydrogens (tertiary/aromatic N) is 2. The van der Waals surface area contributed by atoms with Gasteiger partial charge in [-0.3, -0.25) is 9.59 Å². The van der Waals surface area contributed by atoms with Crippen LogP contribution in [-0.4, -0.2) is 28.5 Å². The number of para-hydroxylation sites is 2. The van der Waals surface area contributed by atoms with E-state index in [1.165, 1.54) is 0 Å². The molecule has 29 heavy (non-hydrogen) atoms. The molecule has 0 saturated carbocycles. The van der Waals surface area contributed by atoms with Crippen LogP contribution < -0.4 is 15.4 Å². The largest absolute Gasteiger partial charge is 0.497 e. The molecule has 1 aliphatic heterocycles. The van der Waals surface area contributed by atoms with Crippen molar-refractivity contribution in [1.29, 1.82) is 0 Å². The van der Waals surface area contributed by atoms with E-state index in [1.807, 2.05) is 30.3 Å². The summed E-state index contributed by atoms with van der Waals surface area (Å²) in [6.45, 7) is 4.48. The smallest absolute Gasteiger partial charge is 0.228 e. The monoisotopic (exact) mass is 392 g/mol. The van der Waals surface area contributed by atoms with Crippen molar-refractivity contribution in [3.63, 3.8) is 0 Å². The van der Waals surface area contributed by atoms with E-state index in [1.54, 1.807) is 19.2 Å². The maximum absolute atomic E-state index is 13.0. The van der Waals surface area contributed by atoms with Crippen LogP contribution in [0.4, 0.5) is 5.69 Å². The molecule has 0 fully saturated rings. The Morgan fingerprint density at radius 2 is 2.10 bits per heavy atom. The Bertz CT molecular complexity index is 1090. The highest BCUT2D eigenvalue weighted by Gasteiger charge is 2.31. The van der Waals surface area contributed by atoms with Crippen LogP contribution in [0.2, 0.25) is 0 Å². The van der Waals surface area contributed by atoms with Crippen LogP contribution >= 0.6 is 0 Å². The molecule has 1 atom stereocenters. The average molecular weight is 392 g/mol. The van der Waals surface area contributed by atoms with Crippen molar-refractivity contribution in [2.45, 2.75) is 38.8 Å². The lowest BCUT2D eigenvalue weighted by atomic mass is 9.89. The molecule has 2 amide bonds. The Morgan fingerprint density at radius 3 is 2.86 bits per heavy atom. The van der Waals surface area contributed by atoms with E-state index in [2.05, 4.69) is 34.0 Å². The van der Waals surface area contributed by atoms with Gasteiger partial charge in [-0.15, -0.1) is 0 Å². The maximum atomic E-state index is 13.0. The normalized spacial score (nSPS) is 15.9. The van der Waals surface area contributed by atoms with Crippen LogP contribution in [0, 0.1) is 0 Å². The highest BCUT2D eigenvalue weighted by Crippen LogP contribution is 2.35. The summed E-state index contributed by atoms with van der Waals surface area (Å²) in [4.78, 5) is 29.8. The van der Waals surface area contributed by atoms with Gasteiger partial charge in [0.2, 0.25) is 11.8 Å². The number of aromatic nitrogens is 2. The Morgan fingerprint density at radius 1 is 1.31 bits per heavy atom. The minimum atomic E-state index is -0.564. The Labute approximate surface area is 169 Å². The van der Waals surface area contributed by atoms with Gasteiger partial charge < -0.3 is 19.9 Å². The summed E-state index contributed by atoms with van der Waals surface area (Å²) in [6, 6.07) is 13.5. The van der Waals surface area contributed by atoms with E-state index < -0.39 is 5.92 Å². The fourth-order valence-electron chi connectivity index (χ4n) is 3.89. The SMILES string of the molecule is COc1ccc2c(c1)[C@@H](C(=O)NCc1nc3ccccc3n1C(C)C)CC(=O)N2. The first kappa shape index (κ1) is 19.0. The molecule has 2 heterocycles. The molecule has 2 N–H and O–H groups in total. The third-order valence-corrected chi connectivity index (χ3v) is 5.22. The quantitative estimate of drug-likeness (QED) is 0.697.